The van der Waals surface area contributed by atoms with E-state index in [1.165, 1.54) is 6.07 Å². The van der Waals surface area contributed by atoms with Crippen molar-refractivity contribution in [2.45, 2.75) is 0 Å². The smallest absolute Gasteiger partial charge is 0.199 e. The predicted octanol–water partition coefficient (Wildman–Crippen LogP) is 3.11. The zero-order valence-corrected chi connectivity index (χ0v) is 10.7. The summed E-state index contributed by atoms with van der Waals surface area (Å²) in [6.45, 7) is 0.585. The molecule has 0 unspecified atom stereocenters. The van der Waals surface area contributed by atoms with E-state index >= 15 is 0 Å². The van der Waals surface area contributed by atoms with Gasteiger partial charge in [-0.25, -0.2) is 13.2 Å². The Morgan fingerprint density at radius 1 is 0.905 bits per heavy atom. The number of ketones is 1. The summed E-state index contributed by atoms with van der Waals surface area (Å²) < 4.78 is 50.6. The number of hydrogen-bond donors (Lipinski definition) is 0. The van der Waals surface area contributed by atoms with Gasteiger partial charge in [0.05, 0.1) is 11.1 Å². The number of benzene rings is 2. The Labute approximate surface area is 117 Å². The van der Waals surface area contributed by atoms with E-state index in [4.69, 9.17) is 9.47 Å². The van der Waals surface area contributed by atoms with Crippen LogP contribution >= 0.6 is 0 Å². The third-order valence-electron chi connectivity index (χ3n) is 3.09. The van der Waals surface area contributed by atoms with Crippen molar-refractivity contribution in [3.05, 3.63) is 58.9 Å². The molecule has 2 aromatic carbocycles. The molecule has 108 valence electrons. The number of ether oxygens (including phenoxy) is 2. The molecule has 0 saturated carbocycles. The van der Waals surface area contributed by atoms with Gasteiger partial charge in [-0.15, -0.1) is 0 Å². The van der Waals surface area contributed by atoms with E-state index in [0.717, 1.165) is 6.07 Å². The summed E-state index contributed by atoms with van der Waals surface area (Å²) in [6, 6.07) is 6.17. The van der Waals surface area contributed by atoms with Gasteiger partial charge >= 0.3 is 0 Å². The molecule has 1 heterocycles. The molecule has 0 spiro atoms. The third kappa shape index (κ3) is 2.22. The highest BCUT2D eigenvalue weighted by Gasteiger charge is 2.25. The van der Waals surface area contributed by atoms with E-state index in [1.54, 1.807) is 12.1 Å². The van der Waals surface area contributed by atoms with Crippen molar-refractivity contribution in [2.24, 2.45) is 0 Å². The SMILES string of the molecule is O=C(c1ccc(F)c(F)c1F)c1cccc2c1OCCO2. The average molecular weight is 294 g/mol. The van der Waals surface area contributed by atoms with Crippen molar-refractivity contribution in [3.8, 4) is 11.5 Å². The molecule has 0 aliphatic carbocycles. The maximum Gasteiger partial charge on any atom is 0.199 e. The van der Waals surface area contributed by atoms with Crippen molar-refractivity contribution in [2.75, 3.05) is 13.2 Å². The predicted molar refractivity (Wildman–Crippen MR) is 67.2 cm³/mol. The van der Waals surface area contributed by atoms with E-state index in [0.29, 0.717) is 18.4 Å². The molecule has 21 heavy (non-hydrogen) atoms. The van der Waals surface area contributed by atoms with Crippen LogP contribution < -0.4 is 9.47 Å². The fraction of sp³-hybridized carbons (Fsp3) is 0.133. The normalized spacial score (nSPS) is 13.1. The maximum absolute atomic E-state index is 13.7. The molecule has 0 radical (unpaired) electrons. The Balaban J connectivity index is 2.10. The fourth-order valence-electron chi connectivity index (χ4n) is 2.10. The lowest BCUT2D eigenvalue weighted by atomic mass is 10.0. The summed E-state index contributed by atoms with van der Waals surface area (Å²) in [4.78, 5) is 12.3. The van der Waals surface area contributed by atoms with Crippen LogP contribution in [0.5, 0.6) is 11.5 Å². The van der Waals surface area contributed by atoms with Crippen LogP contribution in [0.1, 0.15) is 15.9 Å². The molecule has 1 aliphatic heterocycles. The monoisotopic (exact) mass is 294 g/mol. The van der Waals surface area contributed by atoms with Gasteiger partial charge in [-0.3, -0.25) is 4.79 Å². The summed E-state index contributed by atoms with van der Waals surface area (Å²) in [5.41, 5.74) is -0.520. The molecule has 0 amide bonds. The lowest BCUT2D eigenvalue weighted by Gasteiger charge is -2.20. The second kappa shape index (κ2) is 5.12. The number of carbonyl (C=O) groups excluding carboxylic acids is 1. The standard InChI is InChI=1S/C15H9F3O3/c16-10-5-4-8(12(17)13(10)18)14(19)9-2-1-3-11-15(9)21-7-6-20-11/h1-5H,6-7H2. The third-order valence-corrected chi connectivity index (χ3v) is 3.09. The summed E-state index contributed by atoms with van der Waals surface area (Å²) in [5.74, 6) is -4.81. The fourth-order valence-corrected chi connectivity index (χ4v) is 2.10. The lowest BCUT2D eigenvalue weighted by Crippen LogP contribution is -2.18. The molecule has 0 N–H and O–H groups in total. The van der Waals surface area contributed by atoms with Crippen LogP contribution in [0.2, 0.25) is 0 Å². The molecule has 0 aromatic heterocycles. The second-order valence-corrected chi connectivity index (χ2v) is 4.38. The van der Waals surface area contributed by atoms with E-state index in [-0.39, 0.29) is 17.9 Å². The van der Waals surface area contributed by atoms with Crippen molar-refractivity contribution < 1.29 is 27.4 Å². The number of para-hydroxylation sites is 1. The summed E-state index contributed by atoms with van der Waals surface area (Å²) in [6.07, 6.45) is 0. The van der Waals surface area contributed by atoms with Gasteiger partial charge in [0.1, 0.15) is 13.2 Å². The first-order valence-corrected chi connectivity index (χ1v) is 6.16. The highest BCUT2D eigenvalue weighted by molar-refractivity contribution is 6.11. The van der Waals surface area contributed by atoms with Gasteiger partial charge < -0.3 is 9.47 Å². The number of halogens is 3. The summed E-state index contributed by atoms with van der Waals surface area (Å²) in [7, 11) is 0. The Bertz CT molecular complexity index is 728. The minimum absolute atomic E-state index is 0.0390. The minimum Gasteiger partial charge on any atom is -0.486 e. The van der Waals surface area contributed by atoms with Gasteiger partial charge in [0.2, 0.25) is 0 Å². The molecule has 0 atom stereocenters. The molecule has 6 heteroatoms. The first kappa shape index (κ1) is 13.5. The van der Waals surface area contributed by atoms with Crippen LogP contribution in [-0.4, -0.2) is 19.0 Å². The quantitative estimate of drug-likeness (QED) is 0.630. The van der Waals surface area contributed by atoms with E-state index in [1.807, 2.05) is 0 Å². The number of hydrogen-bond acceptors (Lipinski definition) is 3. The summed E-state index contributed by atoms with van der Waals surface area (Å²) in [5, 5.41) is 0. The minimum atomic E-state index is -1.68. The molecule has 0 saturated heterocycles. The van der Waals surface area contributed by atoms with Gasteiger partial charge in [0.15, 0.2) is 34.7 Å². The molecule has 0 fully saturated rings. The van der Waals surface area contributed by atoms with Gasteiger partial charge in [-0.1, -0.05) is 6.07 Å². The van der Waals surface area contributed by atoms with Crippen LogP contribution in [0.3, 0.4) is 0 Å². The van der Waals surface area contributed by atoms with Crippen LogP contribution in [0.4, 0.5) is 13.2 Å². The van der Waals surface area contributed by atoms with Crippen molar-refractivity contribution >= 4 is 5.78 Å². The van der Waals surface area contributed by atoms with Gasteiger partial charge in [0.25, 0.3) is 0 Å². The molecule has 2 aromatic rings. The maximum atomic E-state index is 13.7. The number of fused-ring (bicyclic) bond motifs is 1. The van der Waals surface area contributed by atoms with Gasteiger partial charge in [-0.05, 0) is 24.3 Å². The highest BCUT2D eigenvalue weighted by atomic mass is 19.2. The van der Waals surface area contributed by atoms with Crippen LogP contribution in [0.15, 0.2) is 30.3 Å². The van der Waals surface area contributed by atoms with Crippen LogP contribution in [0, 0.1) is 17.5 Å². The molecular formula is C15H9F3O3. The Kier molecular flexibility index (Phi) is 3.29. The first-order valence-electron chi connectivity index (χ1n) is 6.16. The van der Waals surface area contributed by atoms with E-state index < -0.39 is 28.8 Å². The van der Waals surface area contributed by atoms with Gasteiger partial charge in [-0.2, -0.15) is 0 Å². The second-order valence-electron chi connectivity index (χ2n) is 4.38. The van der Waals surface area contributed by atoms with Crippen molar-refractivity contribution in [3.63, 3.8) is 0 Å². The van der Waals surface area contributed by atoms with E-state index in [9.17, 15) is 18.0 Å². The van der Waals surface area contributed by atoms with E-state index in [2.05, 4.69) is 0 Å². The molecule has 0 bridgehead atoms. The molecule has 3 rings (SSSR count). The molecule has 1 aliphatic rings. The molecular weight excluding hydrogens is 285 g/mol. The highest BCUT2D eigenvalue weighted by Crippen LogP contribution is 2.35. The van der Waals surface area contributed by atoms with Crippen LogP contribution in [0.25, 0.3) is 0 Å². The first-order chi connectivity index (χ1) is 10.1. The Hall–Kier alpha value is -2.50. The Morgan fingerprint density at radius 2 is 1.67 bits per heavy atom. The largest absolute Gasteiger partial charge is 0.486 e. The topological polar surface area (TPSA) is 35.5 Å². The molecule has 3 nitrogen and oxygen atoms in total. The summed E-state index contributed by atoms with van der Waals surface area (Å²) >= 11 is 0. The zero-order valence-electron chi connectivity index (χ0n) is 10.7. The van der Waals surface area contributed by atoms with Crippen LogP contribution in [-0.2, 0) is 0 Å². The zero-order chi connectivity index (χ0) is 15.0. The lowest BCUT2D eigenvalue weighted by molar-refractivity contribution is 0.102. The van der Waals surface area contributed by atoms with Crippen molar-refractivity contribution in [1.82, 2.24) is 0 Å². The Morgan fingerprint density at radius 3 is 2.48 bits per heavy atom. The average Bonchev–Trinajstić information content (AvgIpc) is 2.51. The van der Waals surface area contributed by atoms with Crippen molar-refractivity contribution in [1.29, 1.82) is 0 Å². The number of carbonyl (C=O) groups is 1. The number of rotatable bonds is 2. The van der Waals surface area contributed by atoms with Gasteiger partial charge in [0, 0.05) is 0 Å².